The van der Waals surface area contributed by atoms with Gasteiger partial charge in [0.2, 0.25) is 0 Å². The second-order valence-electron chi connectivity index (χ2n) is 5.46. The Morgan fingerprint density at radius 3 is 2.61 bits per heavy atom. The van der Waals surface area contributed by atoms with Gasteiger partial charge in [-0.3, -0.25) is 4.79 Å². The van der Waals surface area contributed by atoms with Crippen molar-refractivity contribution in [1.29, 1.82) is 0 Å². The Balaban J connectivity index is 2.37. The van der Waals surface area contributed by atoms with E-state index in [2.05, 4.69) is 31.0 Å². The van der Waals surface area contributed by atoms with Gasteiger partial charge in [-0.1, -0.05) is 37.3 Å². The summed E-state index contributed by atoms with van der Waals surface area (Å²) < 4.78 is 5.73. The van der Waals surface area contributed by atoms with Crippen molar-refractivity contribution < 1.29 is 9.53 Å². The predicted molar refractivity (Wildman–Crippen MR) is 71.2 cm³/mol. The van der Waals surface area contributed by atoms with Crippen LogP contribution in [0, 0.1) is 5.92 Å². The fourth-order valence-corrected chi connectivity index (χ4v) is 3.08. The summed E-state index contributed by atoms with van der Waals surface area (Å²) in [5.74, 6) is 0.310. The maximum Gasteiger partial charge on any atom is 0.303 e. The largest absolute Gasteiger partial charge is 0.453 e. The van der Waals surface area contributed by atoms with E-state index in [0.29, 0.717) is 5.92 Å². The van der Waals surface area contributed by atoms with Crippen LogP contribution >= 0.6 is 0 Å². The molecule has 1 saturated heterocycles. The summed E-state index contributed by atoms with van der Waals surface area (Å²) in [6, 6.07) is 10.1. The zero-order valence-corrected chi connectivity index (χ0v) is 11.3. The topological polar surface area (TPSA) is 29.5 Å². The van der Waals surface area contributed by atoms with Gasteiger partial charge in [0.05, 0.1) is 0 Å². The Hall–Kier alpha value is -1.35. The van der Waals surface area contributed by atoms with Crippen molar-refractivity contribution in [2.45, 2.75) is 25.9 Å². The first-order valence-corrected chi connectivity index (χ1v) is 6.45. The first kappa shape index (κ1) is 13.1. The van der Waals surface area contributed by atoms with E-state index in [1.165, 1.54) is 6.92 Å². The van der Waals surface area contributed by atoms with Crippen LogP contribution in [-0.4, -0.2) is 31.0 Å². The summed E-state index contributed by atoms with van der Waals surface area (Å²) in [5, 5.41) is 0. The lowest BCUT2D eigenvalue weighted by molar-refractivity contribution is -0.166. The molecule has 0 radical (unpaired) electrons. The number of benzene rings is 1. The van der Waals surface area contributed by atoms with Crippen LogP contribution in [0.25, 0.3) is 0 Å². The van der Waals surface area contributed by atoms with E-state index in [1.807, 2.05) is 18.2 Å². The highest BCUT2D eigenvalue weighted by Crippen LogP contribution is 2.37. The van der Waals surface area contributed by atoms with Crippen molar-refractivity contribution in [3.05, 3.63) is 35.9 Å². The second kappa shape index (κ2) is 5.11. The minimum atomic E-state index is -0.487. The second-order valence-corrected chi connectivity index (χ2v) is 5.46. The van der Waals surface area contributed by atoms with E-state index in [4.69, 9.17) is 4.74 Å². The van der Waals surface area contributed by atoms with Crippen molar-refractivity contribution in [2.75, 3.05) is 20.1 Å². The summed E-state index contributed by atoms with van der Waals surface area (Å²) >= 11 is 0. The number of rotatable bonds is 2. The van der Waals surface area contributed by atoms with Crippen molar-refractivity contribution in [3.63, 3.8) is 0 Å². The molecule has 0 saturated carbocycles. The van der Waals surface area contributed by atoms with Gasteiger partial charge >= 0.3 is 5.97 Å². The van der Waals surface area contributed by atoms with E-state index in [0.717, 1.165) is 25.1 Å². The number of ether oxygens (including phenoxy) is 1. The number of carbonyl (C=O) groups excluding carboxylic acids is 1. The molecule has 18 heavy (non-hydrogen) atoms. The fourth-order valence-electron chi connectivity index (χ4n) is 3.08. The number of nitrogens with zero attached hydrogens (tertiary/aromatic N) is 1. The fraction of sp³-hybridized carbons (Fsp3) is 0.533. The molecule has 1 aliphatic heterocycles. The molecule has 98 valence electrons. The molecule has 0 spiro atoms. The van der Waals surface area contributed by atoms with Gasteiger partial charge in [0, 0.05) is 20.0 Å². The zero-order valence-electron chi connectivity index (χ0n) is 11.3. The molecule has 2 atom stereocenters. The SMILES string of the molecule is CC(=O)O[C@@]1(c2ccccc2)C[C@@H](C)CN(C)C1. The highest BCUT2D eigenvalue weighted by atomic mass is 16.6. The van der Waals surface area contributed by atoms with Crippen LogP contribution in [0.5, 0.6) is 0 Å². The van der Waals surface area contributed by atoms with Gasteiger partial charge < -0.3 is 9.64 Å². The Morgan fingerprint density at radius 1 is 1.39 bits per heavy atom. The number of carbonyl (C=O) groups is 1. The van der Waals surface area contributed by atoms with E-state index in [-0.39, 0.29) is 5.97 Å². The number of hydrogen-bond donors (Lipinski definition) is 0. The molecule has 0 aromatic heterocycles. The van der Waals surface area contributed by atoms with Crippen molar-refractivity contribution in [3.8, 4) is 0 Å². The Kier molecular flexibility index (Phi) is 3.71. The summed E-state index contributed by atoms with van der Waals surface area (Å²) in [7, 11) is 2.08. The van der Waals surface area contributed by atoms with Gasteiger partial charge in [-0.05, 0) is 24.9 Å². The quantitative estimate of drug-likeness (QED) is 0.752. The average molecular weight is 247 g/mol. The third kappa shape index (κ3) is 2.72. The molecule has 3 heteroatoms. The van der Waals surface area contributed by atoms with E-state index in [1.54, 1.807) is 0 Å². The third-order valence-electron chi connectivity index (χ3n) is 3.47. The number of likely N-dealkylation sites (N-methyl/N-ethyl adjacent to an activating group) is 1. The van der Waals surface area contributed by atoms with Crippen LogP contribution in [0.2, 0.25) is 0 Å². The molecule has 1 heterocycles. The standard InChI is InChI=1S/C15H21NO2/c1-12-9-15(18-13(2)17,11-16(3)10-12)14-7-5-4-6-8-14/h4-8,12H,9-11H2,1-3H3/t12-,15+/m1/s1. The molecule has 0 unspecified atom stereocenters. The molecule has 3 nitrogen and oxygen atoms in total. The molecule has 0 amide bonds. The third-order valence-corrected chi connectivity index (χ3v) is 3.47. The molecule has 0 bridgehead atoms. The van der Waals surface area contributed by atoms with Crippen molar-refractivity contribution in [1.82, 2.24) is 4.90 Å². The van der Waals surface area contributed by atoms with Crippen LogP contribution in [0.15, 0.2) is 30.3 Å². The first-order chi connectivity index (χ1) is 8.52. The van der Waals surface area contributed by atoms with E-state index in [9.17, 15) is 4.79 Å². The van der Waals surface area contributed by atoms with Gasteiger partial charge in [0.15, 0.2) is 0 Å². The molecule has 0 N–H and O–H groups in total. The lowest BCUT2D eigenvalue weighted by Gasteiger charge is -2.43. The summed E-state index contributed by atoms with van der Waals surface area (Å²) in [6.45, 7) is 5.51. The lowest BCUT2D eigenvalue weighted by atomic mass is 9.81. The smallest absolute Gasteiger partial charge is 0.303 e. The summed E-state index contributed by atoms with van der Waals surface area (Å²) in [6.07, 6.45) is 0.890. The van der Waals surface area contributed by atoms with Crippen LogP contribution in [0.1, 0.15) is 25.8 Å². The summed E-state index contributed by atoms with van der Waals surface area (Å²) in [4.78, 5) is 13.7. The van der Waals surface area contributed by atoms with Crippen LogP contribution < -0.4 is 0 Å². The molecule has 1 aromatic rings. The van der Waals surface area contributed by atoms with Gasteiger partial charge in [0.1, 0.15) is 5.60 Å². The van der Waals surface area contributed by atoms with E-state index >= 15 is 0 Å². The minimum absolute atomic E-state index is 0.207. The zero-order chi connectivity index (χ0) is 13.2. The molecule has 0 aliphatic carbocycles. The number of hydrogen-bond acceptors (Lipinski definition) is 3. The van der Waals surface area contributed by atoms with Gasteiger partial charge in [-0.15, -0.1) is 0 Å². The average Bonchev–Trinajstić information content (AvgIpc) is 2.27. The molecule has 2 rings (SSSR count). The van der Waals surface area contributed by atoms with Crippen LogP contribution in [-0.2, 0) is 15.1 Å². The number of piperidine rings is 1. The van der Waals surface area contributed by atoms with Gasteiger partial charge in [0.25, 0.3) is 0 Å². The Bertz CT molecular complexity index is 406. The first-order valence-electron chi connectivity index (χ1n) is 6.45. The molecule has 1 aromatic carbocycles. The maximum absolute atomic E-state index is 11.5. The van der Waals surface area contributed by atoms with Crippen molar-refractivity contribution in [2.24, 2.45) is 5.92 Å². The number of likely N-dealkylation sites (tertiary alicyclic amines) is 1. The van der Waals surface area contributed by atoms with Gasteiger partial charge in [-0.2, -0.15) is 0 Å². The van der Waals surface area contributed by atoms with Crippen molar-refractivity contribution >= 4 is 5.97 Å². The lowest BCUT2D eigenvalue weighted by Crippen LogP contribution is -2.49. The highest BCUT2D eigenvalue weighted by molar-refractivity contribution is 5.67. The minimum Gasteiger partial charge on any atom is -0.453 e. The van der Waals surface area contributed by atoms with E-state index < -0.39 is 5.60 Å². The Labute approximate surface area is 109 Å². The monoisotopic (exact) mass is 247 g/mol. The van der Waals surface area contributed by atoms with Crippen LogP contribution in [0.3, 0.4) is 0 Å². The number of esters is 1. The Morgan fingerprint density at radius 2 is 2.06 bits per heavy atom. The van der Waals surface area contributed by atoms with Gasteiger partial charge in [-0.25, -0.2) is 0 Å². The molecular weight excluding hydrogens is 226 g/mol. The normalized spacial score (nSPS) is 28.9. The maximum atomic E-state index is 11.5. The van der Waals surface area contributed by atoms with Crippen LogP contribution in [0.4, 0.5) is 0 Å². The molecular formula is C15H21NO2. The molecule has 1 fully saturated rings. The highest BCUT2D eigenvalue weighted by Gasteiger charge is 2.41. The predicted octanol–water partition coefficient (Wildman–Crippen LogP) is 2.42. The summed E-state index contributed by atoms with van der Waals surface area (Å²) in [5.41, 5.74) is 0.609. The molecule has 1 aliphatic rings.